The molecule has 4 nitrogen and oxygen atoms in total. The molecule has 1 aromatic rings. The van der Waals surface area contributed by atoms with Crippen molar-refractivity contribution in [3.05, 3.63) is 24.3 Å². The van der Waals surface area contributed by atoms with E-state index in [1.54, 1.807) is 0 Å². The topological polar surface area (TPSA) is 61.4 Å². The zero-order valence-corrected chi connectivity index (χ0v) is 13.0. The first-order chi connectivity index (χ1) is 10.1. The number of rotatable bonds is 8. The first-order valence-corrected chi connectivity index (χ1v) is 7.88. The van der Waals surface area contributed by atoms with E-state index in [0.717, 1.165) is 43.6 Å². The van der Waals surface area contributed by atoms with Crippen LogP contribution in [0, 0.1) is 11.3 Å². The summed E-state index contributed by atoms with van der Waals surface area (Å²) in [5.74, 6) is 0.336. The smallest absolute Gasteiger partial charge is 0.227 e. The van der Waals surface area contributed by atoms with E-state index >= 15 is 0 Å². The summed E-state index contributed by atoms with van der Waals surface area (Å²) in [7, 11) is 0. The molecule has 21 heavy (non-hydrogen) atoms. The molecule has 0 radical (unpaired) electrons. The minimum absolute atomic E-state index is 0.0761. The fourth-order valence-electron chi connectivity index (χ4n) is 2.37. The van der Waals surface area contributed by atoms with Crippen LogP contribution in [0.1, 0.15) is 39.5 Å². The lowest BCUT2D eigenvalue weighted by molar-refractivity contribution is -0.117. The summed E-state index contributed by atoms with van der Waals surface area (Å²) in [6.07, 6.45) is 3.89. The SMILES string of the molecule is CCC(CC)(CO)CNc1cccc(NC(=O)C2CC2)c1. The molecule has 2 rings (SSSR count). The van der Waals surface area contributed by atoms with E-state index in [4.69, 9.17) is 0 Å². The van der Waals surface area contributed by atoms with Crippen LogP contribution in [-0.2, 0) is 4.79 Å². The van der Waals surface area contributed by atoms with Crippen LogP contribution in [0.25, 0.3) is 0 Å². The molecule has 1 saturated carbocycles. The van der Waals surface area contributed by atoms with Crippen LogP contribution in [-0.4, -0.2) is 24.2 Å². The number of carbonyl (C=O) groups excluding carboxylic acids is 1. The average molecular weight is 290 g/mol. The van der Waals surface area contributed by atoms with Gasteiger partial charge in [-0.15, -0.1) is 0 Å². The molecule has 0 atom stereocenters. The summed E-state index contributed by atoms with van der Waals surface area (Å²) < 4.78 is 0. The third-order valence-electron chi connectivity index (χ3n) is 4.58. The number of hydrogen-bond donors (Lipinski definition) is 3. The molecule has 0 bridgehead atoms. The zero-order chi connectivity index (χ0) is 15.3. The molecular weight excluding hydrogens is 264 g/mol. The number of nitrogens with one attached hydrogen (secondary N) is 2. The van der Waals surface area contributed by atoms with E-state index < -0.39 is 0 Å². The van der Waals surface area contributed by atoms with Gasteiger partial charge in [-0.25, -0.2) is 0 Å². The van der Waals surface area contributed by atoms with Gasteiger partial charge >= 0.3 is 0 Å². The van der Waals surface area contributed by atoms with Gasteiger partial charge in [-0.1, -0.05) is 19.9 Å². The lowest BCUT2D eigenvalue weighted by Gasteiger charge is -2.30. The minimum atomic E-state index is -0.0761. The molecule has 0 heterocycles. The predicted octanol–water partition coefficient (Wildman–Crippen LogP) is 3.25. The van der Waals surface area contributed by atoms with Gasteiger partial charge in [0.2, 0.25) is 5.91 Å². The molecule has 116 valence electrons. The Bertz CT molecular complexity index is 471. The summed E-state index contributed by atoms with van der Waals surface area (Å²) in [6.45, 7) is 5.13. The molecular formula is C17H26N2O2. The number of hydrogen-bond acceptors (Lipinski definition) is 3. The Morgan fingerprint density at radius 3 is 2.52 bits per heavy atom. The third-order valence-corrected chi connectivity index (χ3v) is 4.58. The van der Waals surface area contributed by atoms with Gasteiger partial charge < -0.3 is 15.7 Å². The molecule has 0 aliphatic heterocycles. The van der Waals surface area contributed by atoms with Crippen LogP contribution < -0.4 is 10.6 Å². The second-order valence-corrected chi connectivity index (χ2v) is 6.06. The second kappa shape index (κ2) is 6.94. The molecule has 1 aromatic carbocycles. The Morgan fingerprint density at radius 2 is 1.95 bits per heavy atom. The molecule has 3 N–H and O–H groups in total. The van der Waals surface area contributed by atoms with E-state index in [1.165, 1.54) is 0 Å². The maximum absolute atomic E-state index is 11.8. The molecule has 1 aliphatic carbocycles. The van der Waals surface area contributed by atoms with Crippen molar-refractivity contribution in [1.29, 1.82) is 0 Å². The second-order valence-electron chi connectivity index (χ2n) is 6.06. The summed E-state index contributed by atoms with van der Waals surface area (Å²) in [5, 5.41) is 15.9. The van der Waals surface area contributed by atoms with Crippen molar-refractivity contribution in [2.75, 3.05) is 23.8 Å². The van der Waals surface area contributed by atoms with Crippen LogP contribution in [0.4, 0.5) is 11.4 Å². The Hall–Kier alpha value is -1.55. The summed E-state index contributed by atoms with van der Waals surface area (Å²) in [4.78, 5) is 11.8. The van der Waals surface area contributed by atoms with Crippen LogP contribution in [0.15, 0.2) is 24.3 Å². The fraction of sp³-hybridized carbons (Fsp3) is 0.588. The van der Waals surface area contributed by atoms with Gasteiger partial charge in [0, 0.05) is 29.3 Å². The molecule has 0 saturated heterocycles. The maximum Gasteiger partial charge on any atom is 0.227 e. The van der Waals surface area contributed by atoms with Crippen molar-refractivity contribution in [2.45, 2.75) is 39.5 Å². The number of benzene rings is 1. The van der Waals surface area contributed by atoms with Crippen molar-refractivity contribution in [2.24, 2.45) is 11.3 Å². The number of anilines is 2. The summed E-state index contributed by atoms with van der Waals surface area (Å²) >= 11 is 0. The Kier molecular flexibility index (Phi) is 5.23. The molecule has 1 fully saturated rings. The van der Waals surface area contributed by atoms with Crippen LogP contribution in [0.3, 0.4) is 0 Å². The van der Waals surface area contributed by atoms with Gasteiger partial charge in [-0.05, 0) is 43.9 Å². The van der Waals surface area contributed by atoms with Crippen molar-refractivity contribution < 1.29 is 9.90 Å². The van der Waals surface area contributed by atoms with Crippen LogP contribution in [0.5, 0.6) is 0 Å². The summed E-state index contributed by atoms with van der Waals surface area (Å²) in [5.41, 5.74) is 1.73. The van der Waals surface area contributed by atoms with E-state index in [0.29, 0.717) is 0 Å². The highest BCUT2D eigenvalue weighted by Crippen LogP contribution is 2.31. The van der Waals surface area contributed by atoms with E-state index in [1.807, 2.05) is 24.3 Å². The van der Waals surface area contributed by atoms with Gasteiger partial charge in [0.15, 0.2) is 0 Å². The van der Waals surface area contributed by atoms with Gasteiger partial charge in [-0.3, -0.25) is 4.79 Å². The van der Waals surface area contributed by atoms with E-state index in [2.05, 4.69) is 24.5 Å². The highest BCUT2D eigenvalue weighted by atomic mass is 16.3. The van der Waals surface area contributed by atoms with Crippen molar-refractivity contribution in [3.63, 3.8) is 0 Å². The van der Waals surface area contributed by atoms with Gasteiger partial charge in [0.05, 0.1) is 6.61 Å². The van der Waals surface area contributed by atoms with Crippen LogP contribution in [0.2, 0.25) is 0 Å². The van der Waals surface area contributed by atoms with Gasteiger partial charge in [0.25, 0.3) is 0 Å². The number of amides is 1. The number of aliphatic hydroxyl groups is 1. The lowest BCUT2D eigenvalue weighted by atomic mass is 9.83. The monoisotopic (exact) mass is 290 g/mol. The van der Waals surface area contributed by atoms with E-state index in [-0.39, 0.29) is 23.8 Å². The van der Waals surface area contributed by atoms with Gasteiger partial charge in [-0.2, -0.15) is 0 Å². The number of aliphatic hydroxyl groups excluding tert-OH is 1. The van der Waals surface area contributed by atoms with E-state index in [9.17, 15) is 9.90 Å². The average Bonchev–Trinajstić information content (AvgIpc) is 3.34. The van der Waals surface area contributed by atoms with Crippen LogP contribution >= 0.6 is 0 Å². The largest absolute Gasteiger partial charge is 0.396 e. The third kappa shape index (κ3) is 4.21. The van der Waals surface area contributed by atoms with Crippen molar-refractivity contribution in [1.82, 2.24) is 0 Å². The predicted molar refractivity (Wildman–Crippen MR) is 86.4 cm³/mol. The molecule has 0 spiro atoms. The Morgan fingerprint density at radius 1 is 1.29 bits per heavy atom. The summed E-state index contributed by atoms with van der Waals surface area (Å²) in [6, 6.07) is 7.78. The fourth-order valence-corrected chi connectivity index (χ4v) is 2.37. The number of carbonyl (C=O) groups is 1. The minimum Gasteiger partial charge on any atom is -0.396 e. The quantitative estimate of drug-likeness (QED) is 0.689. The zero-order valence-electron chi connectivity index (χ0n) is 13.0. The molecule has 4 heteroatoms. The molecule has 0 unspecified atom stereocenters. The van der Waals surface area contributed by atoms with Crippen molar-refractivity contribution in [3.8, 4) is 0 Å². The molecule has 1 aliphatic rings. The first kappa shape index (κ1) is 15.8. The van der Waals surface area contributed by atoms with Crippen molar-refractivity contribution >= 4 is 17.3 Å². The highest BCUT2D eigenvalue weighted by molar-refractivity contribution is 5.94. The maximum atomic E-state index is 11.8. The molecule has 0 aromatic heterocycles. The Labute approximate surface area is 126 Å². The van der Waals surface area contributed by atoms with Gasteiger partial charge in [0.1, 0.15) is 0 Å². The Balaban J connectivity index is 1.95. The highest BCUT2D eigenvalue weighted by Gasteiger charge is 2.29. The molecule has 1 amide bonds. The standard InChI is InChI=1S/C17H26N2O2/c1-3-17(4-2,12-20)11-18-14-6-5-7-15(10-14)19-16(21)13-8-9-13/h5-7,10,13,18,20H,3-4,8-9,11-12H2,1-2H3,(H,19,21). The normalized spacial score (nSPS) is 14.8. The lowest BCUT2D eigenvalue weighted by Crippen LogP contribution is -2.32. The first-order valence-electron chi connectivity index (χ1n) is 7.88.